The molecule has 106 valence electrons. The number of hydrogen-bond donors (Lipinski definition) is 1. The highest BCUT2D eigenvalue weighted by molar-refractivity contribution is 6.30. The van der Waals surface area contributed by atoms with Gasteiger partial charge in [-0.3, -0.25) is 19.8 Å². The molecule has 0 aromatic heterocycles. The van der Waals surface area contributed by atoms with Gasteiger partial charge in [-0.2, -0.15) is 0 Å². The molecule has 6 nitrogen and oxygen atoms in total. The number of nitrogens with zero attached hydrogens (tertiary/aromatic N) is 2. The third kappa shape index (κ3) is 2.14. The predicted octanol–water partition coefficient (Wildman–Crippen LogP) is 2.23. The number of fused-ring (bicyclic) bond motifs is 1. The van der Waals surface area contributed by atoms with Gasteiger partial charge in [0, 0.05) is 17.6 Å². The molecule has 0 spiro atoms. The Bertz CT molecular complexity index is 578. The third-order valence-corrected chi connectivity index (χ3v) is 4.17. The number of hydrogen-bond acceptors (Lipinski definition) is 4. The minimum Gasteiger partial charge on any atom is -0.335 e. The molecule has 0 aliphatic carbocycles. The van der Waals surface area contributed by atoms with Gasteiger partial charge in [-0.15, -0.1) is 0 Å². The number of nitrogens with one attached hydrogen (secondary N) is 1. The number of piperidine rings is 1. The normalized spacial score (nSPS) is 26.1. The van der Waals surface area contributed by atoms with E-state index in [9.17, 15) is 14.9 Å². The molecule has 2 atom stereocenters. The highest BCUT2D eigenvalue weighted by Gasteiger charge is 2.43. The molecule has 0 bridgehead atoms. The van der Waals surface area contributed by atoms with Crippen LogP contribution in [0.1, 0.15) is 31.0 Å². The predicted molar refractivity (Wildman–Crippen MR) is 73.3 cm³/mol. The second-order valence-corrected chi connectivity index (χ2v) is 5.56. The van der Waals surface area contributed by atoms with Gasteiger partial charge in [0.25, 0.3) is 5.69 Å². The van der Waals surface area contributed by atoms with E-state index in [1.807, 2.05) is 4.90 Å². The lowest BCUT2D eigenvalue weighted by atomic mass is 10.0. The van der Waals surface area contributed by atoms with E-state index in [-0.39, 0.29) is 17.6 Å². The number of nitro benzene ring substituents is 1. The molecule has 2 aliphatic rings. The van der Waals surface area contributed by atoms with Crippen LogP contribution in [0.3, 0.4) is 0 Å². The summed E-state index contributed by atoms with van der Waals surface area (Å²) in [4.78, 5) is 24.7. The van der Waals surface area contributed by atoms with Gasteiger partial charge in [0.2, 0.25) is 5.91 Å². The summed E-state index contributed by atoms with van der Waals surface area (Å²) in [5, 5.41) is 14.5. The summed E-state index contributed by atoms with van der Waals surface area (Å²) in [5.74, 6) is -0.0519. The SMILES string of the molecule is O=C1NC(c2cc(Cl)ccc2[N+](=O)[O-])N2CCCCC12. The van der Waals surface area contributed by atoms with Crippen molar-refractivity contribution in [2.75, 3.05) is 6.54 Å². The van der Waals surface area contributed by atoms with Crippen molar-refractivity contribution in [3.05, 3.63) is 38.9 Å². The molecule has 2 aliphatic heterocycles. The average Bonchev–Trinajstić information content (AvgIpc) is 2.76. The van der Waals surface area contributed by atoms with E-state index in [0.717, 1.165) is 25.8 Å². The molecular formula is C13H14ClN3O3. The van der Waals surface area contributed by atoms with Crippen LogP contribution >= 0.6 is 11.6 Å². The Morgan fingerprint density at radius 3 is 2.95 bits per heavy atom. The van der Waals surface area contributed by atoms with Crippen molar-refractivity contribution in [1.29, 1.82) is 0 Å². The van der Waals surface area contributed by atoms with Gasteiger partial charge < -0.3 is 5.32 Å². The fraction of sp³-hybridized carbons (Fsp3) is 0.462. The van der Waals surface area contributed by atoms with Crippen LogP contribution in [0, 0.1) is 10.1 Å². The van der Waals surface area contributed by atoms with Crippen molar-refractivity contribution in [2.24, 2.45) is 0 Å². The minimum atomic E-state index is -0.452. The van der Waals surface area contributed by atoms with Crippen molar-refractivity contribution < 1.29 is 9.72 Å². The zero-order valence-corrected chi connectivity index (χ0v) is 11.5. The molecule has 2 saturated heterocycles. The first kappa shape index (κ1) is 13.3. The Labute approximate surface area is 120 Å². The van der Waals surface area contributed by atoms with Gasteiger partial charge in [-0.1, -0.05) is 18.0 Å². The van der Waals surface area contributed by atoms with E-state index < -0.39 is 11.1 Å². The number of amides is 1. The van der Waals surface area contributed by atoms with E-state index in [4.69, 9.17) is 11.6 Å². The van der Waals surface area contributed by atoms with E-state index in [1.54, 1.807) is 6.07 Å². The maximum Gasteiger partial charge on any atom is 0.276 e. The third-order valence-electron chi connectivity index (χ3n) is 3.94. The molecule has 0 radical (unpaired) electrons. The van der Waals surface area contributed by atoms with E-state index in [2.05, 4.69) is 5.32 Å². The van der Waals surface area contributed by atoms with Crippen LogP contribution in [0.4, 0.5) is 5.69 Å². The standard InChI is InChI=1S/C13H14ClN3O3/c14-8-4-5-10(17(19)20)9(7-8)12-15-13(18)11-3-1-2-6-16(11)12/h4-5,7,11-12H,1-3,6H2,(H,15,18). The summed E-state index contributed by atoms with van der Waals surface area (Å²) in [6.45, 7) is 0.762. The van der Waals surface area contributed by atoms with Gasteiger partial charge in [0.15, 0.2) is 0 Å². The van der Waals surface area contributed by atoms with Gasteiger partial charge in [-0.05, 0) is 25.0 Å². The summed E-state index contributed by atoms with van der Waals surface area (Å²) in [6, 6.07) is 4.28. The van der Waals surface area contributed by atoms with Gasteiger partial charge in [-0.25, -0.2) is 0 Å². The first-order valence-corrected chi connectivity index (χ1v) is 6.95. The molecule has 2 fully saturated rings. The fourth-order valence-corrected chi connectivity index (χ4v) is 3.21. The maximum absolute atomic E-state index is 12.0. The van der Waals surface area contributed by atoms with E-state index in [1.165, 1.54) is 12.1 Å². The number of nitro groups is 1. The smallest absolute Gasteiger partial charge is 0.276 e. The first-order chi connectivity index (χ1) is 9.58. The van der Waals surface area contributed by atoms with Crippen LogP contribution < -0.4 is 5.32 Å². The zero-order valence-electron chi connectivity index (χ0n) is 10.7. The number of carbonyl (C=O) groups is 1. The van der Waals surface area contributed by atoms with Crippen LogP contribution in [-0.2, 0) is 4.79 Å². The van der Waals surface area contributed by atoms with Crippen LogP contribution in [0.5, 0.6) is 0 Å². The second-order valence-electron chi connectivity index (χ2n) is 5.12. The second kappa shape index (κ2) is 5.03. The Morgan fingerprint density at radius 1 is 1.40 bits per heavy atom. The molecule has 1 aromatic carbocycles. The molecule has 1 amide bonds. The lowest BCUT2D eigenvalue weighted by Crippen LogP contribution is -2.38. The summed E-state index contributed by atoms with van der Waals surface area (Å²) in [7, 11) is 0. The van der Waals surface area contributed by atoms with Crippen LogP contribution in [-0.4, -0.2) is 28.3 Å². The minimum absolute atomic E-state index is 0.00840. The number of benzene rings is 1. The molecule has 1 N–H and O–H groups in total. The van der Waals surface area contributed by atoms with Gasteiger partial charge >= 0.3 is 0 Å². The van der Waals surface area contributed by atoms with Crippen molar-refractivity contribution in [2.45, 2.75) is 31.5 Å². The van der Waals surface area contributed by atoms with Crippen molar-refractivity contribution in [3.63, 3.8) is 0 Å². The lowest BCUT2D eigenvalue weighted by molar-refractivity contribution is -0.386. The molecule has 2 unspecified atom stereocenters. The molecule has 7 heteroatoms. The van der Waals surface area contributed by atoms with Crippen molar-refractivity contribution >= 4 is 23.2 Å². The molecule has 2 heterocycles. The Hall–Kier alpha value is -1.66. The molecule has 0 saturated carbocycles. The summed E-state index contributed by atoms with van der Waals surface area (Å²) < 4.78 is 0. The van der Waals surface area contributed by atoms with E-state index in [0.29, 0.717) is 10.6 Å². The monoisotopic (exact) mass is 295 g/mol. The Morgan fingerprint density at radius 2 is 2.20 bits per heavy atom. The molecule has 3 rings (SSSR count). The maximum atomic E-state index is 12.0. The topological polar surface area (TPSA) is 75.5 Å². The molecule has 1 aromatic rings. The average molecular weight is 296 g/mol. The van der Waals surface area contributed by atoms with Gasteiger partial charge in [0.1, 0.15) is 6.17 Å². The summed E-state index contributed by atoms with van der Waals surface area (Å²) >= 11 is 5.96. The highest BCUT2D eigenvalue weighted by atomic mass is 35.5. The Kier molecular flexibility index (Phi) is 3.35. The summed E-state index contributed by atoms with van der Waals surface area (Å²) in [6.07, 6.45) is 2.36. The molecule has 20 heavy (non-hydrogen) atoms. The fourth-order valence-electron chi connectivity index (χ4n) is 3.03. The summed E-state index contributed by atoms with van der Waals surface area (Å²) in [5.41, 5.74) is 0.450. The first-order valence-electron chi connectivity index (χ1n) is 6.58. The van der Waals surface area contributed by atoms with Crippen LogP contribution in [0.2, 0.25) is 5.02 Å². The lowest BCUT2D eigenvalue weighted by Gasteiger charge is -2.31. The zero-order chi connectivity index (χ0) is 14.3. The van der Waals surface area contributed by atoms with Crippen molar-refractivity contribution in [1.82, 2.24) is 10.2 Å². The largest absolute Gasteiger partial charge is 0.335 e. The van der Waals surface area contributed by atoms with E-state index >= 15 is 0 Å². The Balaban J connectivity index is 2.02. The quantitative estimate of drug-likeness (QED) is 0.670. The van der Waals surface area contributed by atoms with Gasteiger partial charge in [0.05, 0.1) is 16.5 Å². The molecular weight excluding hydrogens is 282 g/mol. The van der Waals surface area contributed by atoms with Crippen LogP contribution in [0.25, 0.3) is 0 Å². The number of rotatable bonds is 2. The van der Waals surface area contributed by atoms with Crippen LogP contribution in [0.15, 0.2) is 18.2 Å². The highest BCUT2D eigenvalue weighted by Crippen LogP contribution is 2.37. The van der Waals surface area contributed by atoms with Crippen molar-refractivity contribution in [3.8, 4) is 0 Å². The number of carbonyl (C=O) groups excluding carboxylic acids is 1. The number of halogens is 1.